The van der Waals surface area contributed by atoms with E-state index in [4.69, 9.17) is 4.74 Å². The third-order valence-electron chi connectivity index (χ3n) is 5.75. The van der Waals surface area contributed by atoms with Gasteiger partial charge in [-0.25, -0.2) is 9.36 Å². The summed E-state index contributed by atoms with van der Waals surface area (Å²) in [6, 6.07) is 13.0. The minimum Gasteiger partial charge on any atom is -0.497 e. The lowest BCUT2D eigenvalue weighted by Gasteiger charge is -2.12. The van der Waals surface area contributed by atoms with Crippen molar-refractivity contribution in [2.45, 2.75) is 27.2 Å². The van der Waals surface area contributed by atoms with Crippen LogP contribution in [0.25, 0.3) is 16.6 Å². The Bertz CT molecular complexity index is 1490. The molecule has 2 aromatic carbocycles. The van der Waals surface area contributed by atoms with Gasteiger partial charge in [-0.05, 0) is 68.7 Å². The number of aromatic nitrogens is 3. The fourth-order valence-electron chi connectivity index (χ4n) is 4.08. The Morgan fingerprint density at radius 2 is 1.91 bits per heavy atom. The van der Waals surface area contributed by atoms with Gasteiger partial charge < -0.3 is 14.8 Å². The van der Waals surface area contributed by atoms with Crippen molar-refractivity contribution in [1.82, 2.24) is 14.5 Å². The quantitative estimate of drug-likeness (QED) is 0.394. The van der Waals surface area contributed by atoms with Gasteiger partial charge in [0.1, 0.15) is 11.3 Å². The summed E-state index contributed by atoms with van der Waals surface area (Å²) in [5.41, 5.74) is 3.51. The molecule has 0 bridgehead atoms. The predicted octanol–water partition coefficient (Wildman–Crippen LogP) is 3.39. The number of methoxy groups -OCH3 is 1. The zero-order chi connectivity index (χ0) is 23.7. The summed E-state index contributed by atoms with van der Waals surface area (Å²) in [5, 5.41) is 11.9. The molecule has 0 unspecified atom stereocenters. The summed E-state index contributed by atoms with van der Waals surface area (Å²) in [5.74, 6) is 0.348. The van der Waals surface area contributed by atoms with Crippen molar-refractivity contribution < 1.29 is 9.84 Å². The first kappa shape index (κ1) is 22.1. The maximum absolute atomic E-state index is 12.5. The van der Waals surface area contributed by atoms with Crippen LogP contribution in [0.5, 0.6) is 11.6 Å². The van der Waals surface area contributed by atoms with Crippen LogP contribution in [-0.2, 0) is 6.42 Å². The Hall–Kier alpha value is -4.07. The molecule has 0 aliphatic heterocycles. The normalized spacial score (nSPS) is 11.8. The second kappa shape index (κ2) is 8.82. The van der Waals surface area contributed by atoms with Crippen molar-refractivity contribution in [1.29, 1.82) is 0 Å². The number of nitrogens with one attached hydrogen (secondary N) is 2. The van der Waals surface area contributed by atoms with Crippen molar-refractivity contribution in [2.75, 3.05) is 13.7 Å². The van der Waals surface area contributed by atoms with Gasteiger partial charge in [-0.1, -0.05) is 12.1 Å². The first-order chi connectivity index (χ1) is 15.8. The zero-order valence-electron chi connectivity index (χ0n) is 19.0. The van der Waals surface area contributed by atoms with Gasteiger partial charge in [0.2, 0.25) is 5.88 Å². The predicted molar refractivity (Wildman–Crippen MR) is 129 cm³/mol. The van der Waals surface area contributed by atoms with Gasteiger partial charge in [-0.2, -0.15) is 0 Å². The molecule has 0 spiro atoms. The molecule has 0 fully saturated rings. The van der Waals surface area contributed by atoms with E-state index in [1.54, 1.807) is 32.2 Å². The maximum atomic E-state index is 12.5. The largest absolute Gasteiger partial charge is 0.497 e. The fraction of sp³-hybridized carbons (Fsp3) is 0.240. The highest BCUT2D eigenvalue weighted by Crippen LogP contribution is 2.27. The van der Waals surface area contributed by atoms with E-state index in [-0.39, 0.29) is 5.56 Å². The first-order valence-electron chi connectivity index (χ1n) is 10.6. The average Bonchev–Trinajstić information content (AvgIpc) is 3.07. The number of hydrogen-bond donors (Lipinski definition) is 3. The van der Waals surface area contributed by atoms with E-state index in [9.17, 15) is 14.7 Å². The second-order valence-corrected chi connectivity index (χ2v) is 7.99. The van der Waals surface area contributed by atoms with Gasteiger partial charge in [0, 0.05) is 28.9 Å². The van der Waals surface area contributed by atoms with Crippen LogP contribution in [0.4, 0.5) is 0 Å². The molecule has 8 nitrogen and oxygen atoms in total. The number of aromatic hydroxyl groups is 1. The summed E-state index contributed by atoms with van der Waals surface area (Å²) in [6.07, 6.45) is 0.631. The zero-order valence-corrected chi connectivity index (χ0v) is 19.0. The number of H-pyrrole nitrogens is 2. The average molecular weight is 447 g/mol. The van der Waals surface area contributed by atoms with Crippen LogP contribution in [0.15, 0.2) is 57.0 Å². The second-order valence-electron chi connectivity index (χ2n) is 7.99. The molecule has 8 heteroatoms. The summed E-state index contributed by atoms with van der Waals surface area (Å²) < 4.78 is 6.42. The minimum absolute atomic E-state index is 0.0200. The number of aryl methyl sites for hydroxylation is 2. The number of aliphatic imine (C=N–C) groups is 1. The number of fused-ring (bicyclic) bond motifs is 1. The van der Waals surface area contributed by atoms with Crippen LogP contribution in [-0.4, -0.2) is 39.0 Å². The molecule has 3 N–H and O–H groups in total. The molecule has 33 heavy (non-hydrogen) atoms. The summed E-state index contributed by atoms with van der Waals surface area (Å²) in [6.45, 7) is 5.94. The highest BCUT2D eigenvalue weighted by atomic mass is 16.5. The molecule has 4 aromatic rings. The lowest BCUT2D eigenvalue weighted by Crippen LogP contribution is -2.32. The van der Waals surface area contributed by atoms with Crippen LogP contribution >= 0.6 is 0 Å². The Labute approximate surface area is 190 Å². The van der Waals surface area contributed by atoms with Crippen LogP contribution in [0.1, 0.15) is 29.3 Å². The smallest absolute Gasteiger partial charge is 0.335 e. The Kier molecular flexibility index (Phi) is 5.91. The standard InChI is InChI=1S/C25H26N4O4/c1-14-6-5-7-17(12-14)29-24(31)22(23(30)28-25(29)32)16(3)26-11-10-19-15(2)27-21-9-8-18(33-4)13-20(19)21/h5-9,12-13,27,31H,10-11H2,1-4H3,(H,28,30,32). The maximum Gasteiger partial charge on any atom is 0.335 e. The third-order valence-corrected chi connectivity index (χ3v) is 5.75. The Morgan fingerprint density at radius 3 is 2.64 bits per heavy atom. The molecule has 0 saturated carbocycles. The van der Waals surface area contributed by atoms with Gasteiger partial charge >= 0.3 is 5.69 Å². The molecule has 0 radical (unpaired) electrons. The lowest BCUT2D eigenvalue weighted by molar-refractivity contribution is 0.415. The SMILES string of the molecule is COc1ccc2[nH]c(C)c(CCN=C(C)c3c(O)n(-c4cccc(C)c4)c(=O)[nH]c3=O)c2c1. The molecule has 0 aliphatic rings. The van der Waals surface area contributed by atoms with Gasteiger partial charge in [-0.15, -0.1) is 0 Å². The summed E-state index contributed by atoms with van der Waals surface area (Å²) in [7, 11) is 1.63. The van der Waals surface area contributed by atoms with E-state index in [2.05, 4.69) is 15.0 Å². The van der Waals surface area contributed by atoms with Crippen molar-refractivity contribution in [3.63, 3.8) is 0 Å². The van der Waals surface area contributed by atoms with Crippen molar-refractivity contribution >= 4 is 16.6 Å². The lowest BCUT2D eigenvalue weighted by atomic mass is 10.1. The van der Waals surface area contributed by atoms with E-state index < -0.39 is 17.1 Å². The number of rotatable bonds is 6. The van der Waals surface area contributed by atoms with Gasteiger partial charge in [0.15, 0.2) is 0 Å². The molecular weight excluding hydrogens is 420 g/mol. The number of ether oxygens (including phenoxy) is 1. The van der Waals surface area contributed by atoms with Gasteiger partial charge in [0.05, 0.1) is 12.8 Å². The molecule has 0 aliphatic carbocycles. The fourth-order valence-corrected chi connectivity index (χ4v) is 4.08. The Balaban J connectivity index is 1.67. The highest BCUT2D eigenvalue weighted by molar-refractivity contribution is 6.00. The van der Waals surface area contributed by atoms with Crippen molar-refractivity contribution in [3.05, 3.63) is 85.7 Å². The molecule has 4 rings (SSSR count). The van der Waals surface area contributed by atoms with Crippen molar-refractivity contribution in [3.8, 4) is 17.3 Å². The highest BCUT2D eigenvalue weighted by Gasteiger charge is 2.18. The van der Waals surface area contributed by atoms with Crippen LogP contribution in [0.3, 0.4) is 0 Å². The van der Waals surface area contributed by atoms with E-state index in [1.807, 2.05) is 38.1 Å². The number of benzene rings is 2. The molecule has 0 saturated heterocycles. The van der Waals surface area contributed by atoms with E-state index in [0.29, 0.717) is 24.4 Å². The molecule has 2 aromatic heterocycles. The molecule has 2 heterocycles. The molecule has 0 atom stereocenters. The minimum atomic E-state index is -0.706. The first-order valence-corrected chi connectivity index (χ1v) is 10.6. The third kappa shape index (κ3) is 4.19. The molecular formula is C25H26N4O4. The van der Waals surface area contributed by atoms with Crippen LogP contribution in [0, 0.1) is 13.8 Å². The molecule has 170 valence electrons. The Morgan fingerprint density at radius 1 is 1.12 bits per heavy atom. The topological polar surface area (TPSA) is 112 Å². The summed E-state index contributed by atoms with van der Waals surface area (Å²) >= 11 is 0. The number of nitrogens with zero attached hydrogens (tertiary/aromatic N) is 2. The monoisotopic (exact) mass is 446 g/mol. The molecule has 0 amide bonds. The van der Waals surface area contributed by atoms with Crippen LogP contribution < -0.4 is 16.0 Å². The summed E-state index contributed by atoms with van der Waals surface area (Å²) in [4.78, 5) is 35.1. The van der Waals surface area contributed by atoms with Crippen LogP contribution in [0.2, 0.25) is 0 Å². The van der Waals surface area contributed by atoms with E-state index in [1.165, 1.54) is 0 Å². The van der Waals surface area contributed by atoms with Gasteiger partial charge in [-0.3, -0.25) is 14.8 Å². The van der Waals surface area contributed by atoms with E-state index >= 15 is 0 Å². The number of hydrogen-bond acceptors (Lipinski definition) is 5. The number of aromatic amines is 2. The van der Waals surface area contributed by atoms with Gasteiger partial charge in [0.25, 0.3) is 5.56 Å². The van der Waals surface area contributed by atoms with E-state index in [0.717, 1.165) is 38.0 Å². The van der Waals surface area contributed by atoms with Crippen molar-refractivity contribution in [2.24, 2.45) is 4.99 Å².